The summed E-state index contributed by atoms with van der Waals surface area (Å²) in [4.78, 5) is 100. The minimum atomic E-state index is -1.35. The highest BCUT2D eigenvalue weighted by molar-refractivity contribution is 8.00. The van der Waals surface area contributed by atoms with Gasteiger partial charge in [-0.2, -0.15) is 4.98 Å². The van der Waals surface area contributed by atoms with Gasteiger partial charge in [-0.3, -0.25) is 19.1 Å². The van der Waals surface area contributed by atoms with Gasteiger partial charge in [0.25, 0.3) is 11.8 Å². The number of nitrogens with one attached hydrogen (secondary N) is 1. The molecule has 0 aromatic carbocycles. The zero-order chi connectivity index (χ0) is 62.4. The molecule has 2 amide bonds. The van der Waals surface area contributed by atoms with Gasteiger partial charge in [-0.15, -0.1) is 23.1 Å². The van der Waals surface area contributed by atoms with Crippen LogP contribution in [0, 0.1) is 28.6 Å². The molecule has 32 heteroatoms. The summed E-state index contributed by atoms with van der Waals surface area (Å²) < 4.78 is 28.9. The molecule has 4 aliphatic carbocycles. The number of fused-ring (bicyclic) bond motifs is 6. The molecule has 18 atom stereocenters. The maximum absolute atomic E-state index is 13.0. The first kappa shape index (κ1) is 64.2. The summed E-state index contributed by atoms with van der Waals surface area (Å²) in [5.74, 6) is -4.34. The summed E-state index contributed by atoms with van der Waals surface area (Å²) in [7, 11) is 1.57. The van der Waals surface area contributed by atoms with Gasteiger partial charge in [0.05, 0.1) is 41.5 Å². The van der Waals surface area contributed by atoms with Crippen molar-refractivity contribution in [2.45, 2.75) is 156 Å². The fourth-order valence-corrected chi connectivity index (χ4v) is 16.3. The molecule has 86 heavy (non-hydrogen) atoms. The van der Waals surface area contributed by atoms with Gasteiger partial charge in [-0.25, -0.2) is 29.1 Å². The Hall–Kier alpha value is -6.30. The largest absolute Gasteiger partial charge is 0.479 e. The van der Waals surface area contributed by atoms with Crippen molar-refractivity contribution in [3.05, 3.63) is 63.5 Å². The first-order chi connectivity index (χ1) is 40.8. The number of carbonyl (C=O) groups is 6. The maximum atomic E-state index is 13.0. The highest BCUT2D eigenvalue weighted by Crippen LogP contribution is 2.70. The highest BCUT2D eigenvalue weighted by Gasteiger charge is 2.72. The van der Waals surface area contributed by atoms with Gasteiger partial charge in [0.2, 0.25) is 12.6 Å². The molecule has 5 aliphatic heterocycles. The topological polar surface area (TPSA) is 460 Å². The minimum absolute atomic E-state index is 0.0420. The monoisotopic (exact) mass is 1250 g/mol. The number of thioether (sulfide) groups is 1. The van der Waals surface area contributed by atoms with Crippen molar-refractivity contribution in [1.82, 2.24) is 29.7 Å². The summed E-state index contributed by atoms with van der Waals surface area (Å²) >= 11 is 2.30. The van der Waals surface area contributed by atoms with E-state index in [1.165, 1.54) is 23.2 Å². The lowest BCUT2D eigenvalue weighted by molar-refractivity contribution is -0.287. The number of aldehydes is 1. The molecule has 2 aromatic heterocycles. The lowest BCUT2D eigenvalue weighted by atomic mass is 9.41. The number of amides is 2. The van der Waals surface area contributed by atoms with Gasteiger partial charge in [0, 0.05) is 42.6 Å². The number of aliphatic hydroxyl groups excluding tert-OH is 4. The third-order valence-corrected chi connectivity index (χ3v) is 20.7. The third-order valence-electron chi connectivity index (χ3n) is 18.7. The Morgan fingerprint density at radius 2 is 1.74 bits per heavy atom. The Morgan fingerprint density at radius 3 is 2.36 bits per heavy atom. The number of methoxy groups -OCH3 is 1. The van der Waals surface area contributed by atoms with Crippen LogP contribution in [0.5, 0.6) is 0 Å². The number of nitrogen functional groups attached to an aromatic ring is 2. The lowest BCUT2D eigenvalue weighted by Gasteiger charge is -2.65. The number of nitrogens with zero attached hydrogens (tertiary/aromatic N) is 6. The number of aromatic nitrogens is 4. The summed E-state index contributed by atoms with van der Waals surface area (Å²) in [5, 5.41) is 88.0. The Bertz CT molecular complexity index is 3130. The number of thiazole rings is 1. The van der Waals surface area contributed by atoms with Gasteiger partial charge in [0.1, 0.15) is 66.4 Å². The molecule has 9 aliphatic rings. The molecule has 13 N–H and O–H groups in total. The number of carboxylic acid groups (broad SMARTS) is 2. The number of carboxylic acids is 2. The molecule has 2 aromatic rings. The van der Waals surface area contributed by atoms with Crippen LogP contribution in [-0.4, -0.2) is 211 Å². The van der Waals surface area contributed by atoms with E-state index in [9.17, 15) is 64.2 Å². The maximum Gasteiger partial charge on any atom is 0.354 e. The van der Waals surface area contributed by atoms with E-state index < -0.39 is 119 Å². The quantitative estimate of drug-likeness (QED) is 0.0247. The summed E-state index contributed by atoms with van der Waals surface area (Å²) in [6.07, 6.45) is 3.81. The fourth-order valence-electron chi connectivity index (χ4n) is 14.4. The fraction of sp³-hybridized carbons (Fsp3) is 0.648. The minimum Gasteiger partial charge on any atom is -0.479 e. The molecule has 3 saturated heterocycles. The van der Waals surface area contributed by atoms with E-state index >= 15 is 0 Å². The van der Waals surface area contributed by atoms with E-state index in [1.54, 1.807) is 20.1 Å². The number of allylic oxidation sites excluding steroid dienone is 1. The number of hydrogen-bond donors (Lipinski definition) is 11. The molecule has 7 heterocycles. The molecule has 11 rings (SSSR count). The van der Waals surface area contributed by atoms with Crippen LogP contribution >= 0.6 is 23.1 Å². The number of oxime groups is 1. The van der Waals surface area contributed by atoms with Crippen molar-refractivity contribution >= 4 is 75.9 Å². The molecule has 0 bridgehead atoms. The van der Waals surface area contributed by atoms with Crippen LogP contribution in [-0.2, 0) is 57.3 Å². The second-order valence-corrected chi connectivity index (χ2v) is 25.1. The number of hydrogen-bond acceptors (Lipinski definition) is 27. The van der Waals surface area contributed by atoms with E-state index in [0.717, 1.165) is 58.3 Å². The van der Waals surface area contributed by atoms with E-state index in [4.69, 9.17) is 45.4 Å². The molecular weight excluding hydrogens is 1170 g/mol. The summed E-state index contributed by atoms with van der Waals surface area (Å²) in [6.45, 7) is 6.55. The first-order valence-corrected chi connectivity index (χ1v) is 29.8. The summed E-state index contributed by atoms with van der Waals surface area (Å²) in [5.41, 5.74) is 7.42. The van der Waals surface area contributed by atoms with Crippen molar-refractivity contribution in [1.29, 1.82) is 0 Å². The average molecular weight is 1250 g/mol. The molecule has 0 unspecified atom stereocenters. The number of aliphatic carboxylic acids is 2. The van der Waals surface area contributed by atoms with Crippen molar-refractivity contribution in [3.8, 4) is 0 Å². The molecular formula is C54H71N9O21S2. The smallest absolute Gasteiger partial charge is 0.354 e. The zero-order valence-corrected chi connectivity index (χ0v) is 48.7. The number of carbonyl (C=O) groups excluding carboxylic acids is 4. The standard InChI is InChI=1S/C30H44O9.C16H15N5O7S2.C8H12N4O5/c1-17-26(33)23(36-3)13-25(38-17)39-19-4-9-28(16-31)21-5-8-27(2)20(18-12-24(32)37-15-18)7-11-30(27,35)22(21)6-10-29(28,34)14-19;1-2-6-4-29-14-10(13(25)21(14)11(6)15(26)27)19-12(24)9(20-28-3-8(22)23)7-5-30-16(17)18-7;9-7-10-2-12(8(16)11-7)6-5(15)4(14)3(1-13)17-6/h12,16-17,19-23,25-26,33-35H,4-11,13-15H2,1-3H3;2,5,10,14H,1,3-4H2,(H2,17,18)(H,19,24)(H,22,23)(H,26,27);2-6,13-15H,1H2,(H2,9,11,16)/b;20-9-;/t17-,19+,20-,21+,22-,23+,25+,26-,27-,28+,29+,30+;10-,14-;3-,4-,5-,6-/m111/s1. The van der Waals surface area contributed by atoms with Crippen LogP contribution < -0.4 is 22.5 Å². The van der Waals surface area contributed by atoms with Crippen LogP contribution in [0.4, 0.5) is 11.1 Å². The lowest BCUT2D eigenvalue weighted by Crippen LogP contribution is -2.71. The molecule has 0 radical (unpaired) electrons. The number of cyclic esters (lactones) is 1. The molecule has 470 valence electrons. The second kappa shape index (κ2) is 25.4. The van der Waals surface area contributed by atoms with E-state index in [0.29, 0.717) is 62.9 Å². The Kier molecular flexibility index (Phi) is 19.0. The van der Waals surface area contributed by atoms with Gasteiger partial charge in [-0.1, -0.05) is 24.7 Å². The van der Waals surface area contributed by atoms with Crippen LogP contribution in [0.2, 0.25) is 0 Å². The number of anilines is 2. The number of rotatable bonds is 15. The number of ether oxygens (including phenoxy) is 5. The van der Waals surface area contributed by atoms with Gasteiger partial charge in [0.15, 0.2) is 23.4 Å². The summed E-state index contributed by atoms with van der Waals surface area (Å²) in [6, 6.07) is -1.01. The normalized spacial score (nSPS) is 37.9. The van der Waals surface area contributed by atoms with E-state index in [2.05, 4.69) is 43.8 Å². The van der Waals surface area contributed by atoms with Crippen LogP contribution in [0.25, 0.3) is 0 Å². The second-order valence-electron chi connectivity index (χ2n) is 23.1. The molecule has 0 spiro atoms. The predicted octanol–water partition coefficient (Wildman–Crippen LogP) is -1.28. The Balaban J connectivity index is 0.000000166. The SMILES string of the molecule is C=CC1=C(C(=O)O)N2C(=O)[C@@H](NC(=O)/C(=N\OCC(=O)O)c3csc(N)n3)[C@H]2SC1.CO[C@H]1C[C@H](O[C@H]2CC[C@]3(C=O)[C@H]4CC[C@]5(C)[C@@H](C6=CC(=O)OC6)CC[C@]5(O)[C@@H]4CC[C@]3(O)C2)O[C@H](C)[C@H]1O.Nc1ncn([C@@H]2O[C@H](CO)[C@@H](O)[C@H]2O)c(=O)n1. The average Bonchev–Trinajstić information content (AvgIpc) is 1.23. The van der Waals surface area contributed by atoms with Crippen LogP contribution in [0.15, 0.2) is 57.2 Å². The van der Waals surface area contributed by atoms with Gasteiger partial charge < -0.3 is 91.0 Å². The predicted molar refractivity (Wildman–Crippen MR) is 298 cm³/mol. The Morgan fingerprint density at radius 1 is 1.00 bits per heavy atom. The van der Waals surface area contributed by atoms with E-state index in [-0.39, 0.29) is 64.1 Å². The molecule has 7 fully saturated rings. The molecule has 4 saturated carbocycles. The highest BCUT2D eigenvalue weighted by atomic mass is 32.2. The van der Waals surface area contributed by atoms with Crippen molar-refractivity contribution in [2.75, 3.05) is 44.2 Å². The Labute approximate surface area is 499 Å². The number of esters is 1. The third kappa shape index (κ3) is 11.7. The van der Waals surface area contributed by atoms with Crippen molar-refractivity contribution in [3.63, 3.8) is 0 Å². The van der Waals surface area contributed by atoms with Crippen molar-refractivity contribution < 1.29 is 98.1 Å². The number of aliphatic hydroxyl groups is 6. The van der Waals surface area contributed by atoms with Gasteiger partial charge >= 0.3 is 23.6 Å². The zero-order valence-electron chi connectivity index (χ0n) is 47.1. The molecule has 30 nitrogen and oxygen atoms in total. The van der Waals surface area contributed by atoms with Gasteiger partial charge in [-0.05, 0) is 87.2 Å². The van der Waals surface area contributed by atoms with E-state index in [1.807, 2.05) is 0 Å². The number of nitrogens with two attached hydrogens (primary N) is 2. The first-order valence-electron chi connectivity index (χ1n) is 27.9. The van der Waals surface area contributed by atoms with Crippen LogP contribution in [0.3, 0.4) is 0 Å². The van der Waals surface area contributed by atoms with Crippen molar-refractivity contribution in [2.24, 2.45) is 33.7 Å². The number of β-lactam (4-membered cyclic amide) rings is 1. The van der Waals surface area contributed by atoms with Crippen LogP contribution in [0.1, 0.15) is 90.0 Å².